The van der Waals surface area contributed by atoms with Crippen molar-refractivity contribution in [2.75, 3.05) is 12.4 Å². The largest absolute Gasteiger partial charge is 0.493 e. The number of hydrogen-bond acceptors (Lipinski definition) is 6. The van der Waals surface area contributed by atoms with Crippen LogP contribution in [0, 0.1) is 0 Å². The lowest BCUT2D eigenvalue weighted by atomic mass is 9.89. The highest BCUT2D eigenvalue weighted by Crippen LogP contribution is 2.33. The molecule has 0 bridgehead atoms. The molecular formula is C18H20N2O3S. The van der Waals surface area contributed by atoms with Crippen LogP contribution in [-0.2, 0) is 6.42 Å². The minimum absolute atomic E-state index is 0.0760. The van der Waals surface area contributed by atoms with Crippen LogP contribution in [0.4, 0.5) is 0 Å². The number of carbonyl (C=O) groups is 1. The van der Waals surface area contributed by atoms with Crippen LogP contribution in [0.15, 0.2) is 27.8 Å². The molecule has 0 amide bonds. The van der Waals surface area contributed by atoms with E-state index in [2.05, 4.69) is 10.2 Å². The van der Waals surface area contributed by atoms with Crippen molar-refractivity contribution in [1.29, 1.82) is 0 Å². The number of Topliss-reactive ketones (excluding diaryl/α,β-unsaturated/α-hetero) is 1. The van der Waals surface area contributed by atoms with Gasteiger partial charge in [0.25, 0.3) is 5.22 Å². The summed E-state index contributed by atoms with van der Waals surface area (Å²) in [5.41, 5.74) is 1.84. The fourth-order valence-corrected chi connectivity index (χ4v) is 4.03. The van der Waals surface area contributed by atoms with Gasteiger partial charge in [-0.05, 0) is 36.6 Å². The smallest absolute Gasteiger partial charge is 0.277 e. The van der Waals surface area contributed by atoms with Crippen molar-refractivity contribution >= 4 is 17.5 Å². The maximum atomic E-state index is 12.4. The van der Waals surface area contributed by atoms with Crippen LogP contribution in [0.5, 0.6) is 5.75 Å². The summed E-state index contributed by atoms with van der Waals surface area (Å²) in [6, 6.07) is 5.65. The Kier molecular flexibility index (Phi) is 4.56. The van der Waals surface area contributed by atoms with Crippen molar-refractivity contribution in [2.45, 2.75) is 49.7 Å². The van der Waals surface area contributed by atoms with E-state index in [0.717, 1.165) is 42.0 Å². The van der Waals surface area contributed by atoms with Crippen molar-refractivity contribution in [3.05, 3.63) is 35.2 Å². The summed E-state index contributed by atoms with van der Waals surface area (Å²) in [7, 11) is 0. The summed E-state index contributed by atoms with van der Waals surface area (Å²) in [6.45, 7) is 0.702. The topological polar surface area (TPSA) is 65.2 Å². The first-order chi connectivity index (χ1) is 11.8. The predicted octanol–water partition coefficient (Wildman–Crippen LogP) is 4.03. The number of rotatable bonds is 5. The number of ether oxygens (including phenoxy) is 1. The molecule has 0 atom stereocenters. The fraction of sp³-hybridized carbons (Fsp3) is 0.500. The molecular weight excluding hydrogens is 324 g/mol. The number of aromatic nitrogens is 2. The van der Waals surface area contributed by atoms with Gasteiger partial charge in [-0.25, -0.2) is 0 Å². The Labute approximate surface area is 145 Å². The molecule has 24 heavy (non-hydrogen) atoms. The van der Waals surface area contributed by atoms with Gasteiger partial charge >= 0.3 is 0 Å². The number of benzene rings is 1. The molecule has 1 aromatic carbocycles. The van der Waals surface area contributed by atoms with Gasteiger partial charge in [-0.3, -0.25) is 4.79 Å². The molecule has 126 valence electrons. The normalized spacial score (nSPS) is 17.5. The summed E-state index contributed by atoms with van der Waals surface area (Å²) < 4.78 is 11.2. The van der Waals surface area contributed by atoms with E-state index in [0.29, 0.717) is 23.5 Å². The molecule has 1 aromatic heterocycles. The summed E-state index contributed by atoms with van der Waals surface area (Å²) in [4.78, 5) is 12.4. The number of thioether (sulfide) groups is 1. The molecule has 2 heterocycles. The second-order valence-corrected chi connectivity index (χ2v) is 7.30. The Morgan fingerprint density at radius 2 is 2.08 bits per heavy atom. The molecule has 0 spiro atoms. The summed E-state index contributed by atoms with van der Waals surface area (Å²) in [5.74, 6) is 2.42. The number of ketones is 1. The quantitative estimate of drug-likeness (QED) is 0.603. The Hall–Kier alpha value is -1.82. The lowest BCUT2D eigenvalue weighted by Crippen LogP contribution is -2.04. The van der Waals surface area contributed by atoms with Gasteiger partial charge < -0.3 is 9.15 Å². The minimum atomic E-state index is 0.0760. The zero-order valence-electron chi connectivity index (χ0n) is 13.5. The number of hydrogen-bond donors (Lipinski definition) is 0. The monoisotopic (exact) mass is 344 g/mol. The molecule has 6 heteroatoms. The molecule has 0 N–H and O–H groups in total. The second-order valence-electron chi connectivity index (χ2n) is 6.37. The van der Waals surface area contributed by atoms with Crippen LogP contribution in [0.3, 0.4) is 0 Å². The van der Waals surface area contributed by atoms with Crippen LogP contribution in [0.1, 0.15) is 59.8 Å². The average Bonchev–Trinajstić information content (AvgIpc) is 3.29. The lowest BCUT2D eigenvalue weighted by molar-refractivity contribution is 0.102. The van der Waals surface area contributed by atoms with Crippen LogP contribution >= 0.6 is 11.8 Å². The zero-order chi connectivity index (χ0) is 16.4. The van der Waals surface area contributed by atoms with Gasteiger partial charge in [0.05, 0.1) is 12.4 Å². The second kappa shape index (κ2) is 6.97. The lowest BCUT2D eigenvalue weighted by Gasteiger charge is -2.17. The molecule has 2 aliphatic rings. The van der Waals surface area contributed by atoms with E-state index in [4.69, 9.17) is 9.15 Å². The van der Waals surface area contributed by atoms with Crippen LogP contribution in [-0.4, -0.2) is 28.3 Å². The molecule has 1 saturated carbocycles. The molecule has 1 aliphatic carbocycles. The van der Waals surface area contributed by atoms with Gasteiger partial charge in [0.1, 0.15) is 5.75 Å². The van der Waals surface area contributed by atoms with Crippen LogP contribution in [0.2, 0.25) is 0 Å². The van der Waals surface area contributed by atoms with E-state index in [9.17, 15) is 4.79 Å². The third-order valence-electron chi connectivity index (χ3n) is 4.71. The van der Waals surface area contributed by atoms with E-state index in [-0.39, 0.29) is 5.78 Å². The fourth-order valence-electron chi connectivity index (χ4n) is 3.36. The number of nitrogens with zero attached hydrogens (tertiary/aromatic N) is 2. The SMILES string of the molecule is O=C(CSc1nnc(C2CCCCC2)o1)c1ccc2c(c1)CCO2. The molecule has 0 saturated heterocycles. The van der Waals surface area contributed by atoms with Gasteiger partial charge in [0, 0.05) is 17.9 Å². The Bertz CT molecular complexity index is 738. The first kappa shape index (κ1) is 15.7. The third-order valence-corrected chi connectivity index (χ3v) is 5.53. The van der Waals surface area contributed by atoms with Crippen molar-refractivity contribution in [3.63, 3.8) is 0 Å². The van der Waals surface area contributed by atoms with Crippen LogP contribution in [0.25, 0.3) is 0 Å². The molecule has 5 nitrogen and oxygen atoms in total. The van der Waals surface area contributed by atoms with Crippen molar-refractivity contribution in [1.82, 2.24) is 10.2 Å². The van der Waals surface area contributed by atoms with Gasteiger partial charge in [0.2, 0.25) is 5.89 Å². The van der Waals surface area contributed by atoms with E-state index >= 15 is 0 Å². The molecule has 1 aliphatic heterocycles. The standard InChI is InChI=1S/C18H20N2O3S/c21-15(13-6-7-16-14(10-13)8-9-22-16)11-24-18-20-19-17(23-18)12-4-2-1-3-5-12/h6-7,10,12H,1-5,8-9,11H2. The van der Waals surface area contributed by atoms with Gasteiger partial charge in [-0.2, -0.15) is 0 Å². The number of fused-ring (bicyclic) bond motifs is 1. The predicted molar refractivity (Wildman–Crippen MR) is 90.8 cm³/mol. The molecule has 0 unspecified atom stereocenters. The highest BCUT2D eigenvalue weighted by Gasteiger charge is 2.22. The Morgan fingerprint density at radius 1 is 1.21 bits per heavy atom. The van der Waals surface area contributed by atoms with E-state index in [1.807, 2.05) is 18.2 Å². The maximum Gasteiger partial charge on any atom is 0.277 e. The van der Waals surface area contributed by atoms with Crippen molar-refractivity contribution < 1.29 is 13.9 Å². The minimum Gasteiger partial charge on any atom is -0.493 e. The van der Waals surface area contributed by atoms with Crippen molar-refractivity contribution in [2.24, 2.45) is 0 Å². The van der Waals surface area contributed by atoms with Gasteiger partial charge in [0.15, 0.2) is 5.78 Å². The van der Waals surface area contributed by atoms with Gasteiger partial charge in [-0.1, -0.05) is 31.0 Å². The molecule has 2 aromatic rings. The molecule has 1 fully saturated rings. The molecule has 0 radical (unpaired) electrons. The third kappa shape index (κ3) is 3.34. The maximum absolute atomic E-state index is 12.4. The Morgan fingerprint density at radius 3 is 2.96 bits per heavy atom. The highest BCUT2D eigenvalue weighted by atomic mass is 32.2. The highest BCUT2D eigenvalue weighted by molar-refractivity contribution is 7.99. The van der Waals surface area contributed by atoms with E-state index in [1.54, 1.807) is 0 Å². The van der Waals surface area contributed by atoms with Gasteiger partial charge in [-0.15, -0.1) is 10.2 Å². The van der Waals surface area contributed by atoms with Crippen molar-refractivity contribution in [3.8, 4) is 5.75 Å². The zero-order valence-corrected chi connectivity index (χ0v) is 14.3. The summed E-state index contributed by atoms with van der Waals surface area (Å²) in [6.07, 6.45) is 6.89. The van der Waals surface area contributed by atoms with E-state index < -0.39 is 0 Å². The summed E-state index contributed by atoms with van der Waals surface area (Å²) in [5, 5.41) is 8.76. The first-order valence-corrected chi connectivity index (χ1v) is 9.53. The van der Waals surface area contributed by atoms with E-state index in [1.165, 1.54) is 31.0 Å². The van der Waals surface area contributed by atoms with Crippen LogP contribution < -0.4 is 4.74 Å². The molecule has 4 rings (SSSR count). The number of carbonyl (C=O) groups excluding carboxylic acids is 1. The average molecular weight is 344 g/mol. The Balaban J connectivity index is 1.36. The summed E-state index contributed by atoms with van der Waals surface area (Å²) >= 11 is 1.32. The first-order valence-electron chi connectivity index (χ1n) is 8.55.